The zero-order chi connectivity index (χ0) is 16.2. The standard InChI is InChI=1S/C15H18FN5O2/c1-2-13-18-15(23-20-13)19-14(22)17-10-7-8-21(9-10)12-6-4-3-5-11(12)16/h3-6,10H,2,7-9H2,1H3,(H2,17,18,19,20,22)/t10-/m1/s1. The molecule has 2 aromatic rings. The molecule has 2 amide bonds. The topological polar surface area (TPSA) is 83.3 Å². The van der Waals surface area contributed by atoms with Gasteiger partial charge in [0.25, 0.3) is 0 Å². The van der Waals surface area contributed by atoms with Crippen molar-refractivity contribution in [3.63, 3.8) is 0 Å². The van der Waals surface area contributed by atoms with Crippen LogP contribution in [0.1, 0.15) is 19.2 Å². The fraction of sp³-hybridized carbons (Fsp3) is 0.400. The maximum absolute atomic E-state index is 13.8. The summed E-state index contributed by atoms with van der Waals surface area (Å²) in [5, 5.41) is 9.04. The summed E-state index contributed by atoms with van der Waals surface area (Å²) >= 11 is 0. The number of halogens is 1. The van der Waals surface area contributed by atoms with E-state index in [0.29, 0.717) is 31.0 Å². The molecule has 1 fully saturated rings. The third-order valence-corrected chi connectivity index (χ3v) is 3.72. The van der Waals surface area contributed by atoms with E-state index in [1.807, 2.05) is 11.8 Å². The number of para-hydroxylation sites is 1. The first-order valence-corrected chi connectivity index (χ1v) is 7.55. The van der Waals surface area contributed by atoms with Crippen molar-refractivity contribution >= 4 is 17.7 Å². The number of hydrogen-bond donors (Lipinski definition) is 2. The number of carbonyl (C=O) groups is 1. The van der Waals surface area contributed by atoms with E-state index < -0.39 is 6.03 Å². The molecule has 1 aliphatic heterocycles. The van der Waals surface area contributed by atoms with Gasteiger partial charge in [-0.25, -0.2) is 9.18 Å². The van der Waals surface area contributed by atoms with Crippen LogP contribution in [0.4, 0.5) is 20.9 Å². The number of anilines is 2. The van der Waals surface area contributed by atoms with Crippen LogP contribution in [0.5, 0.6) is 0 Å². The molecular weight excluding hydrogens is 301 g/mol. The van der Waals surface area contributed by atoms with Crippen LogP contribution in [0.15, 0.2) is 28.8 Å². The zero-order valence-electron chi connectivity index (χ0n) is 12.8. The summed E-state index contributed by atoms with van der Waals surface area (Å²) in [4.78, 5) is 17.9. The maximum atomic E-state index is 13.8. The second-order valence-corrected chi connectivity index (χ2v) is 5.35. The molecule has 8 heteroatoms. The fourth-order valence-electron chi connectivity index (χ4n) is 2.57. The van der Waals surface area contributed by atoms with E-state index in [4.69, 9.17) is 4.52 Å². The molecule has 0 unspecified atom stereocenters. The second kappa shape index (κ2) is 6.64. The van der Waals surface area contributed by atoms with Crippen molar-refractivity contribution in [3.8, 4) is 0 Å². The molecular formula is C15H18FN5O2. The van der Waals surface area contributed by atoms with Gasteiger partial charge in [-0.1, -0.05) is 24.2 Å². The van der Waals surface area contributed by atoms with Gasteiger partial charge >= 0.3 is 12.0 Å². The van der Waals surface area contributed by atoms with Crippen LogP contribution >= 0.6 is 0 Å². The first-order chi connectivity index (χ1) is 11.2. The molecule has 1 atom stereocenters. The number of aryl methyl sites for hydroxylation is 1. The Balaban J connectivity index is 1.53. The smallest absolute Gasteiger partial charge is 0.329 e. The predicted octanol–water partition coefficient (Wildman–Crippen LogP) is 2.17. The van der Waals surface area contributed by atoms with Gasteiger partial charge in [0.2, 0.25) is 0 Å². The van der Waals surface area contributed by atoms with E-state index >= 15 is 0 Å². The average molecular weight is 319 g/mol. The molecule has 0 saturated carbocycles. The Morgan fingerprint density at radius 2 is 2.30 bits per heavy atom. The molecule has 1 aromatic carbocycles. The summed E-state index contributed by atoms with van der Waals surface area (Å²) in [5.41, 5.74) is 0.557. The van der Waals surface area contributed by atoms with Crippen LogP contribution in [-0.2, 0) is 6.42 Å². The number of carbonyl (C=O) groups excluding carboxylic acids is 1. The molecule has 23 heavy (non-hydrogen) atoms. The van der Waals surface area contributed by atoms with Gasteiger partial charge in [0.15, 0.2) is 5.82 Å². The highest BCUT2D eigenvalue weighted by Crippen LogP contribution is 2.23. The van der Waals surface area contributed by atoms with Gasteiger partial charge in [-0.15, -0.1) is 0 Å². The lowest BCUT2D eigenvalue weighted by atomic mass is 10.2. The van der Waals surface area contributed by atoms with Gasteiger partial charge < -0.3 is 14.7 Å². The van der Waals surface area contributed by atoms with Crippen LogP contribution in [0.3, 0.4) is 0 Å². The Bertz CT molecular complexity index is 690. The van der Waals surface area contributed by atoms with Crippen molar-refractivity contribution in [1.29, 1.82) is 0 Å². The summed E-state index contributed by atoms with van der Waals surface area (Å²) in [6.07, 6.45) is 1.37. The third kappa shape index (κ3) is 3.58. The molecule has 1 aromatic heterocycles. The largest absolute Gasteiger partial charge is 0.367 e. The Morgan fingerprint density at radius 3 is 3.04 bits per heavy atom. The quantitative estimate of drug-likeness (QED) is 0.902. The normalized spacial score (nSPS) is 17.3. The highest BCUT2D eigenvalue weighted by molar-refractivity contribution is 5.87. The summed E-state index contributed by atoms with van der Waals surface area (Å²) in [6.45, 7) is 3.13. The highest BCUT2D eigenvalue weighted by Gasteiger charge is 2.25. The van der Waals surface area contributed by atoms with Crippen molar-refractivity contribution in [2.45, 2.75) is 25.8 Å². The van der Waals surface area contributed by atoms with Crippen LogP contribution in [0.25, 0.3) is 0 Å². The number of hydrogen-bond acceptors (Lipinski definition) is 5. The lowest BCUT2D eigenvalue weighted by Crippen LogP contribution is -2.39. The number of rotatable bonds is 4. The Labute approximate surface area is 132 Å². The Kier molecular flexibility index (Phi) is 4.40. The van der Waals surface area contributed by atoms with Crippen LogP contribution in [-0.4, -0.2) is 35.3 Å². The molecule has 0 radical (unpaired) electrons. The van der Waals surface area contributed by atoms with Crippen LogP contribution < -0.4 is 15.5 Å². The summed E-state index contributed by atoms with van der Waals surface area (Å²) < 4.78 is 18.7. The molecule has 1 saturated heterocycles. The molecule has 2 heterocycles. The van der Waals surface area contributed by atoms with Gasteiger partial charge in [0.05, 0.1) is 5.69 Å². The van der Waals surface area contributed by atoms with Gasteiger partial charge in [0, 0.05) is 25.6 Å². The summed E-state index contributed by atoms with van der Waals surface area (Å²) in [5.74, 6) is 0.280. The minimum atomic E-state index is -0.406. The minimum absolute atomic E-state index is 0.0665. The molecule has 0 spiro atoms. The molecule has 0 bridgehead atoms. The van der Waals surface area contributed by atoms with E-state index in [2.05, 4.69) is 20.8 Å². The lowest BCUT2D eigenvalue weighted by molar-refractivity contribution is 0.248. The SMILES string of the molecule is CCc1noc(NC(=O)N[C@@H]2CCN(c3ccccc3F)C2)n1. The predicted molar refractivity (Wildman–Crippen MR) is 82.8 cm³/mol. The molecule has 1 aliphatic rings. The van der Waals surface area contributed by atoms with Crippen molar-refractivity contribution in [2.24, 2.45) is 0 Å². The number of benzene rings is 1. The molecule has 7 nitrogen and oxygen atoms in total. The van der Waals surface area contributed by atoms with E-state index in [1.165, 1.54) is 6.07 Å². The van der Waals surface area contributed by atoms with E-state index in [-0.39, 0.29) is 17.9 Å². The number of nitrogens with zero attached hydrogens (tertiary/aromatic N) is 3. The van der Waals surface area contributed by atoms with Crippen molar-refractivity contribution in [1.82, 2.24) is 15.5 Å². The maximum Gasteiger partial charge on any atom is 0.329 e. The van der Waals surface area contributed by atoms with Gasteiger partial charge in [-0.2, -0.15) is 4.98 Å². The average Bonchev–Trinajstić information content (AvgIpc) is 3.17. The number of aromatic nitrogens is 2. The first kappa shape index (κ1) is 15.3. The lowest BCUT2D eigenvalue weighted by Gasteiger charge is -2.19. The molecule has 3 rings (SSSR count). The van der Waals surface area contributed by atoms with Crippen molar-refractivity contribution in [2.75, 3.05) is 23.3 Å². The minimum Gasteiger partial charge on any atom is -0.367 e. The van der Waals surface area contributed by atoms with Gasteiger partial charge in [0.1, 0.15) is 5.82 Å². The van der Waals surface area contributed by atoms with Crippen LogP contribution in [0.2, 0.25) is 0 Å². The Hall–Kier alpha value is -2.64. The van der Waals surface area contributed by atoms with Crippen LogP contribution in [0, 0.1) is 5.82 Å². The van der Waals surface area contributed by atoms with Gasteiger partial charge in [-0.3, -0.25) is 5.32 Å². The zero-order valence-corrected chi connectivity index (χ0v) is 12.8. The Morgan fingerprint density at radius 1 is 1.48 bits per heavy atom. The number of urea groups is 1. The highest BCUT2D eigenvalue weighted by atomic mass is 19.1. The van der Waals surface area contributed by atoms with Gasteiger partial charge in [-0.05, 0) is 18.6 Å². The molecule has 0 aliphatic carbocycles. The van der Waals surface area contributed by atoms with E-state index in [9.17, 15) is 9.18 Å². The molecule has 122 valence electrons. The fourth-order valence-corrected chi connectivity index (χ4v) is 2.57. The second-order valence-electron chi connectivity index (χ2n) is 5.35. The monoisotopic (exact) mass is 319 g/mol. The summed E-state index contributed by atoms with van der Waals surface area (Å²) in [6, 6.07) is 6.23. The number of amides is 2. The number of nitrogens with one attached hydrogen (secondary N) is 2. The first-order valence-electron chi connectivity index (χ1n) is 7.55. The summed E-state index contributed by atoms with van der Waals surface area (Å²) in [7, 11) is 0. The van der Waals surface area contributed by atoms with E-state index in [1.54, 1.807) is 18.2 Å². The van der Waals surface area contributed by atoms with Crippen molar-refractivity contribution < 1.29 is 13.7 Å². The molecule has 2 N–H and O–H groups in total. The third-order valence-electron chi connectivity index (χ3n) is 3.72. The van der Waals surface area contributed by atoms with E-state index in [0.717, 1.165) is 6.42 Å². The van der Waals surface area contributed by atoms with Crippen molar-refractivity contribution in [3.05, 3.63) is 35.9 Å².